The number of thiophene rings is 1. The number of nitrogens with zero attached hydrogens (tertiary/aromatic N) is 1. The van der Waals surface area contributed by atoms with Gasteiger partial charge < -0.3 is 10.2 Å². The maximum absolute atomic E-state index is 11.8. The minimum Gasteiger partial charge on any atom is -0.349 e. The van der Waals surface area contributed by atoms with E-state index < -0.39 is 0 Å². The first-order chi connectivity index (χ1) is 7.79. The summed E-state index contributed by atoms with van der Waals surface area (Å²) in [6, 6.07) is 2.23. The number of hydrogen-bond acceptors (Lipinski definition) is 3. The highest BCUT2D eigenvalue weighted by Crippen LogP contribution is 2.12. The minimum absolute atomic E-state index is 0.0798. The number of piperidine rings is 1. The van der Waals surface area contributed by atoms with Crippen LogP contribution in [0, 0.1) is 0 Å². The van der Waals surface area contributed by atoms with Crippen molar-refractivity contribution >= 4 is 17.2 Å². The fourth-order valence-corrected chi connectivity index (χ4v) is 2.69. The zero-order chi connectivity index (χ0) is 11.4. The Morgan fingerprint density at radius 3 is 2.88 bits per heavy atom. The van der Waals surface area contributed by atoms with Crippen LogP contribution in [0.1, 0.15) is 30.1 Å². The van der Waals surface area contributed by atoms with Crippen LogP contribution in [-0.2, 0) is 0 Å². The summed E-state index contributed by atoms with van der Waals surface area (Å²) in [7, 11) is 0. The Balaban J connectivity index is 1.81. The topological polar surface area (TPSA) is 32.3 Å². The Morgan fingerprint density at radius 2 is 2.31 bits per heavy atom. The molecule has 2 rings (SSSR count). The molecule has 0 atom stereocenters. The molecule has 0 spiro atoms. The quantitative estimate of drug-likeness (QED) is 0.873. The van der Waals surface area contributed by atoms with E-state index >= 15 is 0 Å². The normalized spacial score (nSPS) is 18.6. The molecular weight excluding hydrogens is 220 g/mol. The number of likely N-dealkylation sites (tertiary alicyclic amines) is 1. The van der Waals surface area contributed by atoms with E-state index in [4.69, 9.17) is 0 Å². The summed E-state index contributed by atoms with van der Waals surface area (Å²) in [5, 5.41) is 6.95. The molecule has 2 heterocycles. The van der Waals surface area contributed by atoms with Crippen molar-refractivity contribution in [1.82, 2.24) is 10.2 Å². The monoisotopic (exact) mass is 238 g/mol. The average molecular weight is 238 g/mol. The lowest BCUT2D eigenvalue weighted by Crippen LogP contribution is -2.44. The van der Waals surface area contributed by atoms with Crippen LogP contribution in [0.5, 0.6) is 0 Å². The third kappa shape index (κ3) is 2.83. The second-order valence-electron chi connectivity index (χ2n) is 4.19. The summed E-state index contributed by atoms with van der Waals surface area (Å²) >= 11 is 1.56. The maximum Gasteiger partial charge on any atom is 0.252 e. The molecular formula is C12H18N2OS. The van der Waals surface area contributed by atoms with Gasteiger partial charge in [0, 0.05) is 30.1 Å². The highest BCUT2D eigenvalue weighted by molar-refractivity contribution is 7.08. The summed E-state index contributed by atoms with van der Waals surface area (Å²) in [5.74, 6) is 0.0798. The van der Waals surface area contributed by atoms with Crippen LogP contribution in [0.25, 0.3) is 0 Å². The average Bonchev–Trinajstić information content (AvgIpc) is 2.83. The van der Waals surface area contributed by atoms with E-state index in [1.165, 1.54) is 0 Å². The molecule has 16 heavy (non-hydrogen) atoms. The van der Waals surface area contributed by atoms with Crippen molar-refractivity contribution in [3.8, 4) is 0 Å². The fourth-order valence-electron chi connectivity index (χ4n) is 2.06. The first-order valence-electron chi connectivity index (χ1n) is 5.85. The molecule has 0 radical (unpaired) electrons. The first-order valence-corrected chi connectivity index (χ1v) is 6.79. The summed E-state index contributed by atoms with van der Waals surface area (Å²) in [6.07, 6.45) is 2.15. The van der Waals surface area contributed by atoms with Crippen molar-refractivity contribution in [3.63, 3.8) is 0 Å². The molecule has 0 bridgehead atoms. The number of carbonyl (C=O) groups excluding carboxylic acids is 1. The van der Waals surface area contributed by atoms with Crippen LogP contribution >= 0.6 is 11.3 Å². The van der Waals surface area contributed by atoms with Crippen molar-refractivity contribution in [2.45, 2.75) is 25.8 Å². The zero-order valence-electron chi connectivity index (χ0n) is 9.61. The standard InChI is InChI=1S/C12H18N2OS/c1-2-14-6-3-11(4-7-14)13-12(15)10-5-8-16-9-10/h5,8-9,11H,2-4,6-7H2,1H3,(H,13,15). The molecule has 1 fully saturated rings. The van der Waals surface area contributed by atoms with Crippen molar-refractivity contribution in [1.29, 1.82) is 0 Å². The van der Waals surface area contributed by atoms with Gasteiger partial charge in [-0.15, -0.1) is 0 Å². The molecule has 3 nitrogen and oxygen atoms in total. The minimum atomic E-state index is 0.0798. The summed E-state index contributed by atoms with van der Waals surface area (Å²) < 4.78 is 0. The second-order valence-corrected chi connectivity index (χ2v) is 4.97. The third-order valence-corrected chi connectivity index (χ3v) is 3.84. The predicted octanol–water partition coefficient (Wildman–Crippen LogP) is 1.96. The highest BCUT2D eigenvalue weighted by Gasteiger charge is 2.20. The van der Waals surface area contributed by atoms with Crippen LogP contribution in [0.3, 0.4) is 0 Å². The Bertz CT molecular complexity index is 329. The van der Waals surface area contributed by atoms with E-state index in [1.807, 2.05) is 16.8 Å². The van der Waals surface area contributed by atoms with Gasteiger partial charge in [0.2, 0.25) is 0 Å². The molecule has 4 heteroatoms. The molecule has 1 N–H and O–H groups in total. The van der Waals surface area contributed by atoms with Gasteiger partial charge in [0.25, 0.3) is 5.91 Å². The van der Waals surface area contributed by atoms with Gasteiger partial charge in [-0.05, 0) is 30.8 Å². The number of rotatable bonds is 3. The summed E-state index contributed by atoms with van der Waals surface area (Å²) in [4.78, 5) is 14.2. The van der Waals surface area contributed by atoms with Crippen LogP contribution < -0.4 is 5.32 Å². The van der Waals surface area contributed by atoms with Crippen molar-refractivity contribution in [2.24, 2.45) is 0 Å². The molecule has 1 aliphatic rings. The molecule has 0 aliphatic carbocycles. The lowest BCUT2D eigenvalue weighted by atomic mass is 10.0. The predicted molar refractivity (Wildman–Crippen MR) is 66.9 cm³/mol. The second kappa shape index (κ2) is 5.46. The van der Waals surface area contributed by atoms with E-state index in [1.54, 1.807) is 11.3 Å². The SMILES string of the molecule is CCN1CCC(NC(=O)c2ccsc2)CC1. The molecule has 1 amide bonds. The van der Waals surface area contributed by atoms with Crippen molar-refractivity contribution in [2.75, 3.05) is 19.6 Å². The van der Waals surface area contributed by atoms with E-state index in [0.717, 1.165) is 38.0 Å². The summed E-state index contributed by atoms with van der Waals surface area (Å²) in [6.45, 7) is 5.51. The van der Waals surface area contributed by atoms with Gasteiger partial charge in [0.1, 0.15) is 0 Å². The molecule has 88 valence electrons. The lowest BCUT2D eigenvalue weighted by Gasteiger charge is -2.31. The lowest BCUT2D eigenvalue weighted by molar-refractivity contribution is 0.0913. The van der Waals surface area contributed by atoms with Gasteiger partial charge in [0.15, 0.2) is 0 Å². The highest BCUT2D eigenvalue weighted by atomic mass is 32.1. The van der Waals surface area contributed by atoms with Crippen molar-refractivity contribution in [3.05, 3.63) is 22.4 Å². The van der Waals surface area contributed by atoms with E-state index in [0.29, 0.717) is 6.04 Å². The largest absolute Gasteiger partial charge is 0.349 e. The molecule has 0 unspecified atom stereocenters. The van der Waals surface area contributed by atoms with Gasteiger partial charge >= 0.3 is 0 Å². The Hall–Kier alpha value is -0.870. The molecule has 1 aliphatic heterocycles. The van der Waals surface area contributed by atoms with Crippen LogP contribution in [0.2, 0.25) is 0 Å². The maximum atomic E-state index is 11.8. The van der Waals surface area contributed by atoms with Gasteiger partial charge in [-0.1, -0.05) is 6.92 Å². The van der Waals surface area contributed by atoms with Crippen molar-refractivity contribution < 1.29 is 4.79 Å². The fraction of sp³-hybridized carbons (Fsp3) is 0.583. The summed E-state index contributed by atoms with van der Waals surface area (Å²) in [5.41, 5.74) is 0.794. The molecule has 1 aromatic rings. The van der Waals surface area contributed by atoms with Gasteiger partial charge in [0.05, 0.1) is 0 Å². The number of hydrogen-bond donors (Lipinski definition) is 1. The van der Waals surface area contributed by atoms with E-state index in [9.17, 15) is 4.79 Å². The smallest absolute Gasteiger partial charge is 0.252 e. The molecule has 0 aromatic carbocycles. The van der Waals surface area contributed by atoms with E-state index in [2.05, 4.69) is 17.1 Å². The number of amides is 1. The van der Waals surface area contributed by atoms with Crippen LogP contribution in [-0.4, -0.2) is 36.5 Å². The van der Waals surface area contributed by atoms with Gasteiger partial charge in [-0.3, -0.25) is 4.79 Å². The van der Waals surface area contributed by atoms with Crippen LogP contribution in [0.4, 0.5) is 0 Å². The first kappa shape index (κ1) is 11.6. The Kier molecular flexibility index (Phi) is 3.96. The van der Waals surface area contributed by atoms with Gasteiger partial charge in [-0.2, -0.15) is 11.3 Å². The number of carbonyl (C=O) groups is 1. The van der Waals surface area contributed by atoms with E-state index in [-0.39, 0.29) is 5.91 Å². The van der Waals surface area contributed by atoms with Crippen LogP contribution in [0.15, 0.2) is 16.8 Å². The molecule has 1 saturated heterocycles. The molecule has 0 saturated carbocycles. The zero-order valence-corrected chi connectivity index (χ0v) is 10.4. The Morgan fingerprint density at radius 1 is 1.56 bits per heavy atom. The number of nitrogens with one attached hydrogen (secondary N) is 1. The Labute approximate surface area is 100 Å². The molecule has 1 aromatic heterocycles. The van der Waals surface area contributed by atoms with Gasteiger partial charge in [-0.25, -0.2) is 0 Å². The third-order valence-electron chi connectivity index (χ3n) is 3.15.